The first-order valence-corrected chi connectivity index (χ1v) is 20.1. The SMILES string of the molecule is Cc1cc([C@H]2C3=CC[C@@H]4C(=O)N(c5cc(C(F)(F)F)cc(C(F)(F)F)c5)C(=O)[C@@H]4[C@@H]3C[C@H]3C(=O)N(c4cc(-c5sc6ccc(Cl)cc6c5C)nn4C)C(=O)[C@@]23C)ccc1O. The van der Waals surface area contributed by atoms with Gasteiger partial charge in [0.2, 0.25) is 23.6 Å². The maximum absolute atomic E-state index is 15.1. The molecule has 1 saturated carbocycles. The van der Waals surface area contributed by atoms with E-state index < -0.39 is 87.8 Å². The monoisotopic (exact) mass is 866 g/mol. The van der Waals surface area contributed by atoms with E-state index in [1.54, 1.807) is 51.2 Å². The van der Waals surface area contributed by atoms with Gasteiger partial charge in [-0.15, -0.1) is 11.3 Å². The topological polar surface area (TPSA) is 113 Å². The predicted molar refractivity (Wildman–Crippen MR) is 210 cm³/mol. The zero-order chi connectivity index (χ0) is 43.1. The van der Waals surface area contributed by atoms with Crippen LogP contribution in [0.2, 0.25) is 5.02 Å². The number of aromatic nitrogens is 2. The molecule has 4 aliphatic rings. The Kier molecular flexibility index (Phi) is 8.83. The Morgan fingerprint density at radius 2 is 1.53 bits per heavy atom. The summed E-state index contributed by atoms with van der Waals surface area (Å²) in [7, 11) is 1.60. The van der Waals surface area contributed by atoms with Gasteiger partial charge >= 0.3 is 12.4 Å². The van der Waals surface area contributed by atoms with Crippen LogP contribution in [0.5, 0.6) is 5.75 Å². The first kappa shape index (κ1) is 40.0. The van der Waals surface area contributed by atoms with Crippen LogP contribution in [-0.4, -0.2) is 38.5 Å². The maximum Gasteiger partial charge on any atom is 0.416 e. The molecule has 5 aromatic rings. The van der Waals surface area contributed by atoms with Crippen molar-refractivity contribution in [3.05, 3.63) is 105 Å². The summed E-state index contributed by atoms with van der Waals surface area (Å²) in [6, 6.07) is 12.5. The fourth-order valence-corrected chi connectivity index (χ4v) is 11.3. The Labute approximate surface area is 346 Å². The van der Waals surface area contributed by atoms with Crippen LogP contribution in [0.3, 0.4) is 0 Å². The van der Waals surface area contributed by atoms with Gasteiger partial charge in [-0.1, -0.05) is 35.4 Å². The lowest BCUT2D eigenvalue weighted by molar-refractivity contribution is -0.143. The first-order chi connectivity index (χ1) is 28.1. The van der Waals surface area contributed by atoms with Crippen LogP contribution in [0.25, 0.3) is 20.7 Å². The lowest BCUT2D eigenvalue weighted by Crippen LogP contribution is -2.49. The van der Waals surface area contributed by atoms with Gasteiger partial charge in [0.15, 0.2) is 0 Å². The highest BCUT2D eigenvalue weighted by molar-refractivity contribution is 7.22. The third-order valence-electron chi connectivity index (χ3n) is 12.9. The number of carbonyl (C=O) groups excluding carboxylic acids is 4. The molecule has 4 heterocycles. The molecule has 0 spiro atoms. The van der Waals surface area contributed by atoms with Crippen molar-refractivity contribution in [2.24, 2.45) is 36.1 Å². The van der Waals surface area contributed by atoms with Crippen molar-refractivity contribution in [2.75, 3.05) is 9.80 Å². The van der Waals surface area contributed by atoms with Crippen LogP contribution in [-0.2, 0) is 38.6 Å². The predicted octanol–water partition coefficient (Wildman–Crippen LogP) is 9.75. The number of benzene rings is 3. The quantitative estimate of drug-likeness (QED) is 0.109. The fraction of sp³-hybridized carbons (Fsp3) is 0.326. The van der Waals surface area contributed by atoms with Crippen molar-refractivity contribution in [2.45, 2.75) is 51.9 Å². The minimum absolute atomic E-state index is 0.0336. The van der Waals surface area contributed by atoms with E-state index in [1.165, 1.54) is 22.1 Å². The zero-order valence-corrected chi connectivity index (χ0v) is 33.6. The summed E-state index contributed by atoms with van der Waals surface area (Å²) in [6.45, 7) is 5.24. The van der Waals surface area contributed by atoms with Crippen LogP contribution in [0.1, 0.15) is 53.5 Å². The van der Waals surface area contributed by atoms with Gasteiger partial charge in [0, 0.05) is 28.8 Å². The molecule has 9 nitrogen and oxygen atoms in total. The number of anilines is 2. The van der Waals surface area contributed by atoms with Crippen molar-refractivity contribution < 1.29 is 50.6 Å². The Hall–Kier alpha value is -5.48. The van der Waals surface area contributed by atoms with Crippen LogP contribution in [0.4, 0.5) is 37.8 Å². The molecule has 17 heteroatoms. The van der Waals surface area contributed by atoms with Crippen LogP contribution in [0.15, 0.2) is 72.3 Å². The number of nitrogens with zero attached hydrogens (tertiary/aromatic N) is 4. The van der Waals surface area contributed by atoms with E-state index >= 15 is 4.79 Å². The summed E-state index contributed by atoms with van der Waals surface area (Å²) >= 11 is 7.75. The summed E-state index contributed by atoms with van der Waals surface area (Å²) in [4.78, 5) is 60.7. The van der Waals surface area contributed by atoms with Crippen molar-refractivity contribution >= 4 is 68.2 Å². The lowest BCUT2D eigenvalue weighted by Gasteiger charge is -2.49. The second-order valence-electron chi connectivity index (χ2n) is 16.2. The van der Waals surface area contributed by atoms with E-state index in [0.29, 0.717) is 44.4 Å². The number of alkyl halides is 6. The molecule has 0 unspecified atom stereocenters. The minimum atomic E-state index is -5.23. The molecule has 3 aromatic carbocycles. The van der Waals surface area contributed by atoms with Crippen LogP contribution < -0.4 is 9.80 Å². The molecule has 2 saturated heterocycles. The number of aromatic hydroxyl groups is 1. The normalized spacial score (nSPS) is 25.6. The van der Waals surface area contributed by atoms with Gasteiger partial charge in [0.05, 0.1) is 44.9 Å². The van der Waals surface area contributed by atoms with E-state index in [9.17, 15) is 45.8 Å². The third-order valence-corrected chi connectivity index (χ3v) is 14.4. The largest absolute Gasteiger partial charge is 0.508 e. The molecular weight excluding hydrogens is 834 g/mol. The number of rotatable bonds is 4. The van der Waals surface area contributed by atoms with Gasteiger partial charge in [0.1, 0.15) is 17.3 Å². The molecule has 9 rings (SSSR count). The maximum atomic E-state index is 15.1. The van der Waals surface area contributed by atoms with Gasteiger partial charge in [-0.25, -0.2) is 9.80 Å². The molecule has 0 bridgehead atoms. The Balaban J connectivity index is 1.15. The van der Waals surface area contributed by atoms with Crippen molar-refractivity contribution in [1.29, 1.82) is 0 Å². The smallest absolute Gasteiger partial charge is 0.416 e. The number of allylic oxidation sites excluding steroid dienone is 2. The molecule has 310 valence electrons. The number of phenols is 1. The standard InChI is InChI=1S/C43H33ClF6N4O5S/c1-18-11-20(5-9-31(18)55)35-25-7-8-26-34(39(58)53(37(26)56)24-13-21(42(45,46)47)12-22(14-24)43(48,49)50)28(25)16-29-38(57)54(40(59)41(29,35)3)33-17-30(51-52(33)4)36-19(2)27-15-23(44)6-10-32(27)60-36/h5-7,9-15,17,26,28-29,34-35,55H,8,16H2,1-4H3/t26-,28+,29-,34-,35-,41+/m0/s1. The highest BCUT2D eigenvalue weighted by Gasteiger charge is 2.68. The van der Waals surface area contributed by atoms with Crippen molar-refractivity contribution in [3.63, 3.8) is 0 Å². The number of halogens is 7. The summed E-state index contributed by atoms with van der Waals surface area (Å²) in [6.07, 6.45) is -8.97. The van der Waals surface area contributed by atoms with Gasteiger partial charge < -0.3 is 5.11 Å². The number of carbonyl (C=O) groups is 4. The molecule has 2 aromatic heterocycles. The van der Waals surface area contributed by atoms with E-state index in [2.05, 4.69) is 0 Å². The summed E-state index contributed by atoms with van der Waals surface area (Å²) in [5.74, 6) is -8.30. The molecule has 6 atom stereocenters. The van der Waals surface area contributed by atoms with E-state index in [0.717, 1.165) is 25.4 Å². The molecule has 4 amide bonds. The van der Waals surface area contributed by atoms with Crippen molar-refractivity contribution in [3.8, 4) is 16.3 Å². The average molecular weight is 867 g/mol. The second kappa shape index (κ2) is 13.3. The van der Waals surface area contributed by atoms with Gasteiger partial charge in [-0.3, -0.25) is 23.9 Å². The number of aryl methyl sites for hydroxylation is 3. The lowest BCUT2D eigenvalue weighted by atomic mass is 9.51. The van der Waals surface area contributed by atoms with Crippen LogP contribution in [0, 0.1) is 42.9 Å². The highest BCUT2D eigenvalue weighted by Crippen LogP contribution is 2.64. The summed E-state index contributed by atoms with van der Waals surface area (Å²) in [5, 5.41) is 16.7. The van der Waals surface area contributed by atoms with Gasteiger partial charge in [-0.05, 0) is 104 Å². The Bertz CT molecular complexity index is 2740. The van der Waals surface area contributed by atoms with Crippen LogP contribution >= 0.6 is 22.9 Å². The number of hydrogen-bond donors (Lipinski definition) is 1. The number of fused-ring (bicyclic) bond motifs is 5. The number of thiophene rings is 1. The zero-order valence-electron chi connectivity index (χ0n) is 32.1. The molecule has 1 N–H and O–H groups in total. The highest BCUT2D eigenvalue weighted by atomic mass is 35.5. The van der Waals surface area contributed by atoms with E-state index in [4.69, 9.17) is 16.7 Å². The summed E-state index contributed by atoms with van der Waals surface area (Å²) < 4.78 is 85.9. The summed E-state index contributed by atoms with van der Waals surface area (Å²) in [5.41, 5.74) is -2.78. The van der Waals surface area contributed by atoms with E-state index in [-0.39, 0.29) is 30.5 Å². The minimum Gasteiger partial charge on any atom is -0.508 e. The van der Waals surface area contributed by atoms with Gasteiger partial charge in [0.25, 0.3) is 0 Å². The Morgan fingerprint density at radius 3 is 2.18 bits per heavy atom. The van der Waals surface area contributed by atoms with Gasteiger partial charge in [-0.2, -0.15) is 31.4 Å². The second-order valence-corrected chi connectivity index (χ2v) is 17.7. The molecule has 2 aliphatic heterocycles. The van der Waals surface area contributed by atoms with Crippen molar-refractivity contribution in [1.82, 2.24) is 9.78 Å². The molecular formula is C43H33ClF6N4O5S. The number of amides is 4. The third kappa shape index (κ3) is 5.76. The first-order valence-electron chi connectivity index (χ1n) is 18.9. The molecule has 3 fully saturated rings. The number of hydrogen-bond acceptors (Lipinski definition) is 7. The number of imide groups is 2. The molecule has 0 radical (unpaired) electrons. The number of phenolic OH excluding ortho intramolecular Hbond substituents is 1. The Morgan fingerprint density at radius 1 is 0.850 bits per heavy atom. The molecule has 2 aliphatic carbocycles. The van der Waals surface area contributed by atoms with E-state index in [1.807, 2.05) is 19.1 Å². The average Bonchev–Trinajstić information content (AvgIpc) is 3.85. The molecule has 60 heavy (non-hydrogen) atoms. The fourth-order valence-electron chi connectivity index (χ4n) is 10.0.